The van der Waals surface area contributed by atoms with Crippen molar-refractivity contribution < 1.29 is 9.94 Å². The first-order valence-corrected chi connectivity index (χ1v) is 5.99. The number of amidine groups is 1. The van der Waals surface area contributed by atoms with E-state index in [2.05, 4.69) is 17.0 Å². The molecule has 16 heavy (non-hydrogen) atoms. The molecule has 3 N–H and O–H groups in total. The van der Waals surface area contributed by atoms with Gasteiger partial charge in [-0.25, -0.2) is 0 Å². The number of hydrogen-bond donors (Lipinski definition) is 2. The van der Waals surface area contributed by atoms with Gasteiger partial charge in [-0.1, -0.05) is 5.16 Å². The zero-order valence-corrected chi connectivity index (χ0v) is 10.2. The molecule has 0 aliphatic carbocycles. The topological polar surface area (TPSA) is 71.1 Å². The third-order valence-electron chi connectivity index (χ3n) is 3.14. The Bertz CT molecular complexity index is 225. The van der Waals surface area contributed by atoms with E-state index in [0.717, 1.165) is 32.5 Å². The van der Waals surface area contributed by atoms with Gasteiger partial charge >= 0.3 is 0 Å². The van der Waals surface area contributed by atoms with Gasteiger partial charge in [0.25, 0.3) is 0 Å². The number of rotatable bonds is 5. The van der Waals surface area contributed by atoms with Crippen LogP contribution in [0.4, 0.5) is 0 Å². The first-order chi connectivity index (χ1) is 7.67. The van der Waals surface area contributed by atoms with Crippen molar-refractivity contribution in [1.29, 1.82) is 0 Å². The van der Waals surface area contributed by atoms with Crippen LogP contribution in [0.2, 0.25) is 0 Å². The largest absolute Gasteiger partial charge is 0.409 e. The van der Waals surface area contributed by atoms with Crippen molar-refractivity contribution in [1.82, 2.24) is 4.90 Å². The van der Waals surface area contributed by atoms with Gasteiger partial charge in [-0.3, -0.25) is 0 Å². The highest BCUT2D eigenvalue weighted by atomic mass is 16.5. The van der Waals surface area contributed by atoms with Crippen molar-refractivity contribution >= 4 is 5.84 Å². The van der Waals surface area contributed by atoms with E-state index >= 15 is 0 Å². The molecule has 0 radical (unpaired) electrons. The Kier molecular flexibility index (Phi) is 5.55. The van der Waals surface area contributed by atoms with E-state index < -0.39 is 0 Å². The molecule has 94 valence electrons. The second-order valence-electron chi connectivity index (χ2n) is 4.34. The van der Waals surface area contributed by atoms with E-state index in [-0.39, 0.29) is 0 Å². The first-order valence-electron chi connectivity index (χ1n) is 5.99. The second kappa shape index (κ2) is 6.70. The lowest BCUT2D eigenvalue weighted by molar-refractivity contribution is 0.00646. The van der Waals surface area contributed by atoms with E-state index in [4.69, 9.17) is 15.7 Å². The number of likely N-dealkylation sites (tertiary alicyclic amines) is 1. The molecular formula is C11H23N3O2. The van der Waals surface area contributed by atoms with Gasteiger partial charge in [0.2, 0.25) is 0 Å². The Morgan fingerprint density at radius 3 is 2.69 bits per heavy atom. The summed E-state index contributed by atoms with van der Waals surface area (Å²) in [5.41, 5.74) is 5.50. The molecule has 0 saturated carbocycles. The summed E-state index contributed by atoms with van der Waals surface area (Å²) in [5.74, 6) is 0.305. The highest BCUT2D eigenvalue weighted by molar-refractivity contribution is 5.80. The Balaban J connectivity index is 2.30. The lowest BCUT2D eigenvalue weighted by Gasteiger charge is -2.35. The molecule has 0 spiro atoms. The zero-order valence-electron chi connectivity index (χ0n) is 10.2. The molecule has 1 unspecified atom stereocenters. The first kappa shape index (κ1) is 13.3. The summed E-state index contributed by atoms with van der Waals surface area (Å²) >= 11 is 0. The van der Waals surface area contributed by atoms with Crippen LogP contribution in [0, 0.1) is 0 Å². The Labute approximate surface area is 97.2 Å². The number of ether oxygens (including phenoxy) is 1. The van der Waals surface area contributed by atoms with E-state index in [1.165, 1.54) is 0 Å². The summed E-state index contributed by atoms with van der Waals surface area (Å²) in [5, 5.41) is 11.5. The smallest absolute Gasteiger partial charge is 0.140 e. The monoisotopic (exact) mass is 229 g/mol. The molecule has 1 heterocycles. The lowest BCUT2D eigenvalue weighted by atomic mass is 10.0. The van der Waals surface area contributed by atoms with Crippen LogP contribution in [-0.4, -0.2) is 47.8 Å². The van der Waals surface area contributed by atoms with Crippen molar-refractivity contribution in [2.45, 2.75) is 45.3 Å². The molecule has 0 bridgehead atoms. The predicted octanol–water partition coefficient (Wildman–Crippen LogP) is 1.01. The summed E-state index contributed by atoms with van der Waals surface area (Å²) < 4.78 is 5.60. The number of oxime groups is 1. The van der Waals surface area contributed by atoms with Gasteiger partial charge < -0.3 is 20.6 Å². The van der Waals surface area contributed by atoms with Gasteiger partial charge in [-0.05, 0) is 26.7 Å². The minimum Gasteiger partial charge on any atom is -0.409 e. The van der Waals surface area contributed by atoms with Crippen LogP contribution in [-0.2, 0) is 4.74 Å². The quantitative estimate of drug-likeness (QED) is 0.319. The maximum Gasteiger partial charge on any atom is 0.140 e. The van der Waals surface area contributed by atoms with Crippen LogP contribution in [0.1, 0.15) is 33.1 Å². The van der Waals surface area contributed by atoms with Crippen LogP contribution in [0.25, 0.3) is 0 Å². The maximum absolute atomic E-state index is 8.52. The third kappa shape index (κ3) is 3.98. The van der Waals surface area contributed by atoms with Crippen molar-refractivity contribution in [3.63, 3.8) is 0 Å². The minimum absolute atomic E-state index is 0.305. The molecular weight excluding hydrogens is 206 g/mol. The third-order valence-corrected chi connectivity index (χ3v) is 3.14. The standard InChI is InChI=1S/C11H23N3O2/c1-3-16-10-4-6-14(7-5-10)9(2)8-11(12)13-15/h9-10,15H,3-8H2,1-2H3,(H2,12,13). The van der Waals surface area contributed by atoms with Crippen LogP contribution < -0.4 is 5.73 Å². The molecule has 5 nitrogen and oxygen atoms in total. The predicted molar refractivity (Wildman–Crippen MR) is 63.7 cm³/mol. The molecule has 1 saturated heterocycles. The van der Waals surface area contributed by atoms with E-state index in [0.29, 0.717) is 24.4 Å². The SMILES string of the molecule is CCOC1CCN(C(C)C/C(N)=N/O)CC1. The molecule has 0 aromatic heterocycles. The summed E-state index contributed by atoms with van der Waals surface area (Å²) in [7, 11) is 0. The molecule has 5 heteroatoms. The lowest BCUT2D eigenvalue weighted by Crippen LogP contribution is -2.43. The average molecular weight is 229 g/mol. The number of hydrogen-bond acceptors (Lipinski definition) is 4. The number of nitrogens with two attached hydrogens (primary N) is 1. The highest BCUT2D eigenvalue weighted by Gasteiger charge is 2.23. The molecule has 1 atom stereocenters. The fourth-order valence-electron chi connectivity index (χ4n) is 2.19. The van der Waals surface area contributed by atoms with Gasteiger partial charge in [-0.15, -0.1) is 0 Å². The molecule has 0 aromatic rings. The molecule has 1 rings (SSSR count). The normalized spacial score (nSPS) is 22.2. The molecule has 0 amide bonds. The van der Waals surface area contributed by atoms with E-state index in [1.54, 1.807) is 0 Å². The summed E-state index contributed by atoms with van der Waals surface area (Å²) in [6.45, 7) is 7.01. The van der Waals surface area contributed by atoms with Crippen molar-refractivity contribution in [2.75, 3.05) is 19.7 Å². The van der Waals surface area contributed by atoms with Crippen LogP contribution >= 0.6 is 0 Å². The summed E-state index contributed by atoms with van der Waals surface area (Å²) in [6.07, 6.45) is 3.19. The van der Waals surface area contributed by atoms with Gasteiger partial charge in [0, 0.05) is 32.2 Å². The Hall–Kier alpha value is -0.810. The number of piperidine rings is 1. The molecule has 1 aliphatic rings. The maximum atomic E-state index is 8.52. The molecule has 0 aromatic carbocycles. The second-order valence-corrected chi connectivity index (χ2v) is 4.34. The van der Waals surface area contributed by atoms with Gasteiger partial charge in [-0.2, -0.15) is 0 Å². The number of nitrogens with zero attached hydrogens (tertiary/aromatic N) is 2. The van der Waals surface area contributed by atoms with Gasteiger partial charge in [0.15, 0.2) is 0 Å². The van der Waals surface area contributed by atoms with Crippen LogP contribution in [0.3, 0.4) is 0 Å². The fourth-order valence-corrected chi connectivity index (χ4v) is 2.19. The van der Waals surface area contributed by atoms with Crippen LogP contribution in [0.15, 0.2) is 5.16 Å². The fraction of sp³-hybridized carbons (Fsp3) is 0.909. The van der Waals surface area contributed by atoms with Gasteiger partial charge in [0.05, 0.1) is 6.10 Å². The van der Waals surface area contributed by atoms with Crippen LogP contribution in [0.5, 0.6) is 0 Å². The molecule has 1 aliphatic heterocycles. The molecule has 1 fully saturated rings. The van der Waals surface area contributed by atoms with E-state index in [9.17, 15) is 0 Å². The Morgan fingerprint density at radius 1 is 1.56 bits per heavy atom. The highest BCUT2D eigenvalue weighted by Crippen LogP contribution is 2.17. The zero-order chi connectivity index (χ0) is 12.0. The summed E-state index contributed by atoms with van der Waals surface area (Å²) in [6, 6.07) is 0.332. The van der Waals surface area contributed by atoms with Crippen molar-refractivity contribution in [3.05, 3.63) is 0 Å². The van der Waals surface area contributed by atoms with Crippen molar-refractivity contribution in [2.24, 2.45) is 10.9 Å². The summed E-state index contributed by atoms with van der Waals surface area (Å²) in [4.78, 5) is 2.37. The van der Waals surface area contributed by atoms with E-state index in [1.807, 2.05) is 6.92 Å². The average Bonchev–Trinajstić information content (AvgIpc) is 2.30. The Morgan fingerprint density at radius 2 is 2.19 bits per heavy atom. The van der Waals surface area contributed by atoms with Crippen molar-refractivity contribution in [3.8, 4) is 0 Å². The minimum atomic E-state index is 0.305. The van der Waals surface area contributed by atoms with Gasteiger partial charge in [0.1, 0.15) is 5.84 Å².